The largest absolute Gasteiger partial charge is 0.492 e. The second-order valence-corrected chi connectivity index (χ2v) is 7.29. The topological polar surface area (TPSA) is 9.23 Å². The fourth-order valence-electron chi connectivity index (χ4n) is 1.38. The fraction of sp³-hybridized carbons (Fsp3) is 0.538. The van der Waals surface area contributed by atoms with E-state index in [0.29, 0.717) is 28.3 Å². The molecule has 0 aliphatic heterocycles. The summed E-state index contributed by atoms with van der Waals surface area (Å²) in [6.45, 7) is 7.10. The highest BCUT2D eigenvalue weighted by atomic mass is 79.9. The van der Waals surface area contributed by atoms with E-state index in [1.165, 1.54) is 0 Å². The number of benzene rings is 1. The molecule has 0 radical (unpaired) electrons. The lowest BCUT2D eigenvalue weighted by Crippen LogP contribution is -2.28. The van der Waals surface area contributed by atoms with Gasteiger partial charge in [0, 0.05) is 16.5 Å². The van der Waals surface area contributed by atoms with Gasteiger partial charge in [0.2, 0.25) is 0 Å². The first-order chi connectivity index (χ1) is 8.25. The van der Waals surface area contributed by atoms with Crippen molar-refractivity contribution in [2.45, 2.75) is 20.8 Å². The molecule has 0 aliphatic carbocycles. The van der Waals surface area contributed by atoms with Crippen LogP contribution < -0.4 is 4.74 Å². The average molecular weight is 372 g/mol. The van der Waals surface area contributed by atoms with Gasteiger partial charge in [-0.25, -0.2) is 0 Å². The number of rotatable bonds is 4. The highest BCUT2D eigenvalue weighted by Crippen LogP contribution is 2.35. The Labute approximate surface area is 133 Å². The van der Waals surface area contributed by atoms with Crippen molar-refractivity contribution in [1.82, 2.24) is 0 Å². The minimum absolute atomic E-state index is 0.146. The highest BCUT2D eigenvalue weighted by Gasteiger charge is 2.24. The molecule has 0 aliphatic rings. The van der Waals surface area contributed by atoms with Crippen LogP contribution in [-0.4, -0.2) is 12.4 Å². The van der Waals surface area contributed by atoms with Crippen LogP contribution in [0.1, 0.15) is 20.8 Å². The van der Waals surface area contributed by atoms with Crippen molar-refractivity contribution >= 4 is 51.8 Å². The Kier molecular flexibility index (Phi) is 6.17. The first-order valence-corrected chi connectivity index (χ1v) is 7.82. The molecule has 0 N–H and O–H groups in total. The Hall–Kier alpha value is 0.430. The van der Waals surface area contributed by atoms with E-state index in [0.717, 1.165) is 10.2 Å². The lowest BCUT2D eigenvalue weighted by molar-refractivity contribution is 0.165. The maximum Gasteiger partial charge on any atom is 0.139 e. The van der Waals surface area contributed by atoms with Gasteiger partial charge < -0.3 is 4.74 Å². The van der Waals surface area contributed by atoms with Crippen LogP contribution in [0.25, 0.3) is 0 Å². The maximum atomic E-state index is 6.11. The molecular formula is C13H17BrCl2OS. The summed E-state index contributed by atoms with van der Waals surface area (Å²) in [4.78, 5) is 0. The second-order valence-electron chi connectivity index (χ2n) is 5.25. The summed E-state index contributed by atoms with van der Waals surface area (Å²) in [5.41, 5.74) is 0.146. The Bertz CT molecular complexity index is 418. The van der Waals surface area contributed by atoms with Crippen molar-refractivity contribution < 1.29 is 4.74 Å². The van der Waals surface area contributed by atoms with Gasteiger partial charge in [0.25, 0.3) is 0 Å². The minimum Gasteiger partial charge on any atom is -0.492 e. The second kappa shape index (κ2) is 6.74. The minimum atomic E-state index is 0.146. The summed E-state index contributed by atoms with van der Waals surface area (Å²) in [5, 5.41) is 1.14. The van der Waals surface area contributed by atoms with Crippen LogP contribution in [0.2, 0.25) is 10.0 Å². The van der Waals surface area contributed by atoms with E-state index in [2.05, 4.69) is 49.3 Å². The molecule has 0 saturated heterocycles. The van der Waals surface area contributed by atoms with Crippen LogP contribution >= 0.6 is 51.8 Å². The summed E-state index contributed by atoms with van der Waals surface area (Å²) >= 11 is 19.8. The molecule has 0 fully saturated rings. The van der Waals surface area contributed by atoms with Gasteiger partial charge in [-0.3, -0.25) is 0 Å². The maximum absolute atomic E-state index is 6.11. The molecule has 0 heterocycles. The summed E-state index contributed by atoms with van der Waals surface area (Å²) in [6, 6.07) is 3.47. The van der Waals surface area contributed by atoms with Crippen molar-refractivity contribution in [3.8, 4) is 5.75 Å². The van der Waals surface area contributed by atoms with Crippen molar-refractivity contribution in [1.29, 1.82) is 0 Å². The third-order valence-electron chi connectivity index (χ3n) is 2.86. The van der Waals surface area contributed by atoms with Crippen LogP contribution in [0.4, 0.5) is 0 Å². The van der Waals surface area contributed by atoms with Crippen LogP contribution in [0, 0.1) is 11.3 Å². The molecule has 1 aromatic rings. The third-order valence-corrected chi connectivity index (χ3v) is 4.79. The van der Waals surface area contributed by atoms with E-state index in [9.17, 15) is 0 Å². The van der Waals surface area contributed by atoms with Gasteiger partial charge in [-0.1, -0.05) is 44.0 Å². The quantitative estimate of drug-likeness (QED) is 0.525. The lowest BCUT2D eigenvalue weighted by atomic mass is 9.82. The molecule has 1 aromatic carbocycles. The van der Waals surface area contributed by atoms with E-state index in [4.69, 9.17) is 27.9 Å². The Morgan fingerprint density at radius 1 is 1.28 bits per heavy atom. The molecule has 18 heavy (non-hydrogen) atoms. The molecular weight excluding hydrogens is 355 g/mol. The van der Waals surface area contributed by atoms with E-state index in [-0.39, 0.29) is 5.41 Å². The normalized spacial score (nSPS) is 13.5. The van der Waals surface area contributed by atoms with Crippen LogP contribution in [0.5, 0.6) is 5.75 Å². The van der Waals surface area contributed by atoms with E-state index in [1.54, 1.807) is 12.1 Å². The SMILES string of the molecule is CC(C)(C)C(CS)COc1cc(Cl)c(Br)cc1Cl. The summed E-state index contributed by atoms with van der Waals surface area (Å²) in [5.74, 6) is 1.73. The monoisotopic (exact) mass is 370 g/mol. The van der Waals surface area contributed by atoms with Gasteiger partial charge >= 0.3 is 0 Å². The Balaban J connectivity index is 2.77. The smallest absolute Gasteiger partial charge is 0.139 e. The molecule has 1 unspecified atom stereocenters. The van der Waals surface area contributed by atoms with Gasteiger partial charge in [0.1, 0.15) is 5.75 Å². The zero-order valence-electron chi connectivity index (χ0n) is 10.6. The van der Waals surface area contributed by atoms with Crippen molar-refractivity contribution in [2.24, 2.45) is 11.3 Å². The van der Waals surface area contributed by atoms with Crippen molar-refractivity contribution in [3.63, 3.8) is 0 Å². The first kappa shape index (κ1) is 16.5. The zero-order valence-corrected chi connectivity index (χ0v) is 14.6. The van der Waals surface area contributed by atoms with Crippen LogP contribution in [-0.2, 0) is 0 Å². The predicted molar refractivity (Wildman–Crippen MR) is 86.5 cm³/mol. The molecule has 0 amide bonds. The summed E-state index contributed by atoms with van der Waals surface area (Å²) in [7, 11) is 0. The molecule has 1 atom stereocenters. The number of hydrogen-bond donors (Lipinski definition) is 1. The van der Waals surface area contributed by atoms with E-state index < -0.39 is 0 Å². The van der Waals surface area contributed by atoms with Crippen molar-refractivity contribution in [3.05, 3.63) is 26.7 Å². The van der Waals surface area contributed by atoms with Gasteiger partial charge in [0.05, 0.1) is 16.7 Å². The molecule has 5 heteroatoms. The first-order valence-electron chi connectivity index (χ1n) is 5.64. The van der Waals surface area contributed by atoms with Crippen LogP contribution in [0.3, 0.4) is 0 Å². The van der Waals surface area contributed by atoms with E-state index in [1.807, 2.05) is 0 Å². The molecule has 0 saturated carbocycles. The lowest BCUT2D eigenvalue weighted by Gasteiger charge is -2.29. The summed E-state index contributed by atoms with van der Waals surface area (Å²) < 4.78 is 6.53. The standard InChI is InChI=1S/C13H17BrCl2OS/c1-13(2,3)8(7-18)6-17-12-5-10(15)9(14)4-11(12)16/h4-5,8,18H,6-7H2,1-3H3. The van der Waals surface area contributed by atoms with Gasteiger partial charge in [-0.05, 0) is 33.2 Å². The number of ether oxygens (including phenoxy) is 1. The average Bonchev–Trinajstić information content (AvgIpc) is 2.24. The van der Waals surface area contributed by atoms with Crippen LogP contribution in [0.15, 0.2) is 16.6 Å². The molecule has 0 spiro atoms. The Morgan fingerprint density at radius 3 is 2.39 bits per heavy atom. The number of hydrogen-bond acceptors (Lipinski definition) is 2. The molecule has 0 bridgehead atoms. The van der Waals surface area contributed by atoms with Gasteiger partial charge in [-0.15, -0.1) is 0 Å². The van der Waals surface area contributed by atoms with Gasteiger partial charge in [-0.2, -0.15) is 12.6 Å². The highest BCUT2D eigenvalue weighted by molar-refractivity contribution is 9.10. The molecule has 102 valence electrons. The molecule has 1 rings (SSSR count). The van der Waals surface area contributed by atoms with Crippen molar-refractivity contribution in [2.75, 3.05) is 12.4 Å². The Morgan fingerprint density at radius 2 is 1.89 bits per heavy atom. The molecule has 0 aromatic heterocycles. The summed E-state index contributed by atoms with van der Waals surface area (Å²) in [6.07, 6.45) is 0. The van der Waals surface area contributed by atoms with Gasteiger partial charge in [0.15, 0.2) is 0 Å². The molecule has 1 nitrogen and oxygen atoms in total. The number of thiol groups is 1. The zero-order chi connectivity index (χ0) is 13.9. The van der Waals surface area contributed by atoms with E-state index >= 15 is 0 Å². The predicted octanol–water partition coefficient (Wildman–Crippen LogP) is 5.73. The fourth-order valence-corrected chi connectivity index (χ4v) is 2.88. The number of halogens is 3. The third kappa shape index (κ3) is 4.52.